The molecule has 162 valence electrons. The fourth-order valence-corrected chi connectivity index (χ4v) is 2.75. The van der Waals surface area contributed by atoms with Crippen LogP contribution >= 0.6 is 0 Å². The highest BCUT2D eigenvalue weighted by atomic mass is 19.2. The van der Waals surface area contributed by atoms with Gasteiger partial charge in [-0.3, -0.25) is 9.79 Å². The molecule has 10 heteroatoms. The molecule has 1 aliphatic heterocycles. The summed E-state index contributed by atoms with van der Waals surface area (Å²) in [6, 6.07) is 1.70. The third-order valence-corrected chi connectivity index (χ3v) is 4.40. The molecule has 0 bridgehead atoms. The number of guanidine groups is 1. The lowest BCUT2D eigenvalue weighted by Gasteiger charge is -2.21. The number of halogens is 3. The smallest absolute Gasteiger partial charge is 0.243 e. The third-order valence-electron chi connectivity index (χ3n) is 4.40. The summed E-state index contributed by atoms with van der Waals surface area (Å²) < 4.78 is 50.6. The summed E-state index contributed by atoms with van der Waals surface area (Å²) in [5, 5.41) is 7.97. The third kappa shape index (κ3) is 7.90. The van der Waals surface area contributed by atoms with E-state index in [0.29, 0.717) is 25.0 Å². The van der Waals surface area contributed by atoms with Crippen LogP contribution in [0.4, 0.5) is 18.9 Å². The number of hydrogen-bond donors (Lipinski definition) is 3. The highest BCUT2D eigenvalue weighted by molar-refractivity contribution is 5.95. The summed E-state index contributed by atoms with van der Waals surface area (Å²) in [6.45, 7) is 3.31. The zero-order valence-corrected chi connectivity index (χ0v) is 16.4. The van der Waals surface area contributed by atoms with E-state index in [1.54, 1.807) is 7.05 Å². The molecule has 1 aromatic rings. The van der Waals surface area contributed by atoms with E-state index in [4.69, 9.17) is 9.47 Å². The summed E-state index contributed by atoms with van der Waals surface area (Å²) in [6.07, 6.45) is 2.83. The lowest BCUT2D eigenvalue weighted by Crippen LogP contribution is -2.42. The predicted octanol–water partition coefficient (Wildman–Crippen LogP) is 2.04. The topological polar surface area (TPSA) is 84.0 Å². The number of anilines is 1. The van der Waals surface area contributed by atoms with Gasteiger partial charge in [-0.05, 0) is 37.3 Å². The van der Waals surface area contributed by atoms with Gasteiger partial charge in [-0.25, -0.2) is 13.2 Å². The molecule has 0 unspecified atom stereocenters. The largest absolute Gasteiger partial charge is 0.381 e. The molecule has 0 atom stereocenters. The van der Waals surface area contributed by atoms with Gasteiger partial charge in [0.2, 0.25) is 5.91 Å². The van der Waals surface area contributed by atoms with E-state index in [1.807, 2.05) is 0 Å². The quantitative estimate of drug-likeness (QED) is 0.248. The Labute approximate surface area is 168 Å². The maximum absolute atomic E-state index is 13.6. The van der Waals surface area contributed by atoms with Gasteiger partial charge in [-0.2, -0.15) is 0 Å². The van der Waals surface area contributed by atoms with Crippen molar-refractivity contribution in [2.75, 3.05) is 51.9 Å². The minimum atomic E-state index is -1.63. The van der Waals surface area contributed by atoms with Crippen LogP contribution in [0.3, 0.4) is 0 Å². The SMILES string of the molecule is CN=C(NCCCOCC1CCOCC1)NCC(=O)Nc1ccc(F)c(F)c1F. The van der Waals surface area contributed by atoms with E-state index in [-0.39, 0.29) is 6.54 Å². The van der Waals surface area contributed by atoms with Crippen LogP contribution in [0, 0.1) is 23.4 Å². The first-order valence-corrected chi connectivity index (χ1v) is 9.54. The van der Waals surface area contributed by atoms with Gasteiger partial charge in [0, 0.05) is 40.0 Å². The maximum Gasteiger partial charge on any atom is 0.243 e. The average molecular weight is 416 g/mol. The van der Waals surface area contributed by atoms with Crippen molar-refractivity contribution in [1.29, 1.82) is 0 Å². The summed E-state index contributed by atoms with van der Waals surface area (Å²) >= 11 is 0. The van der Waals surface area contributed by atoms with Gasteiger partial charge >= 0.3 is 0 Å². The molecule has 0 radical (unpaired) electrons. The molecule has 1 amide bonds. The molecule has 7 nitrogen and oxygen atoms in total. The number of carbonyl (C=O) groups is 1. The zero-order chi connectivity index (χ0) is 21.1. The van der Waals surface area contributed by atoms with E-state index in [9.17, 15) is 18.0 Å². The number of benzene rings is 1. The molecule has 1 saturated heterocycles. The summed E-state index contributed by atoms with van der Waals surface area (Å²) in [4.78, 5) is 15.9. The van der Waals surface area contributed by atoms with Gasteiger partial charge in [-0.1, -0.05) is 0 Å². The molecule has 1 aliphatic rings. The Bertz CT molecular complexity index is 698. The summed E-state index contributed by atoms with van der Waals surface area (Å²) in [5.41, 5.74) is -0.430. The van der Waals surface area contributed by atoms with Crippen LogP contribution in [-0.2, 0) is 14.3 Å². The minimum absolute atomic E-state index is 0.224. The minimum Gasteiger partial charge on any atom is -0.381 e. The zero-order valence-electron chi connectivity index (χ0n) is 16.4. The molecule has 29 heavy (non-hydrogen) atoms. The molecule has 0 spiro atoms. The number of hydrogen-bond acceptors (Lipinski definition) is 4. The number of nitrogens with zero attached hydrogens (tertiary/aromatic N) is 1. The van der Waals surface area contributed by atoms with E-state index in [1.165, 1.54) is 0 Å². The highest BCUT2D eigenvalue weighted by Crippen LogP contribution is 2.19. The van der Waals surface area contributed by atoms with Crippen LogP contribution in [0.5, 0.6) is 0 Å². The second-order valence-corrected chi connectivity index (χ2v) is 6.61. The molecule has 1 fully saturated rings. The molecular weight excluding hydrogens is 389 g/mol. The second-order valence-electron chi connectivity index (χ2n) is 6.61. The fourth-order valence-electron chi connectivity index (χ4n) is 2.75. The van der Waals surface area contributed by atoms with E-state index < -0.39 is 29.0 Å². The second kappa shape index (κ2) is 12.3. The van der Waals surface area contributed by atoms with Crippen molar-refractivity contribution in [3.63, 3.8) is 0 Å². The Balaban J connectivity index is 1.60. The van der Waals surface area contributed by atoms with Gasteiger partial charge in [-0.15, -0.1) is 0 Å². The van der Waals surface area contributed by atoms with Crippen molar-refractivity contribution < 1.29 is 27.4 Å². The fraction of sp³-hybridized carbons (Fsp3) is 0.579. The van der Waals surface area contributed by atoms with Crippen molar-refractivity contribution in [3.05, 3.63) is 29.6 Å². The molecular formula is C19H27F3N4O3. The maximum atomic E-state index is 13.6. The number of rotatable bonds is 9. The van der Waals surface area contributed by atoms with E-state index in [2.05, 4.69) is 20.9 Å². The van der Waals surface area contributed by atoms with Crippen molar-refractivity contribution in [2.24, 2.45) is 10.9 Å². The number of amides is 1. The van der Waals surface area contributed by atoms with Crippen LogP contribution in [0.1, 0.15) is 19.3 Å². The van der Waals surface area contributed by atoms with Crippen LogP contribution in [-0.4, -0.2) is 58.4 Å². The van der Waals surface area contributed by atoms with Crippen LogP contribution in [0.2, 0.25) is 0 Å². The van der Waals surface area contributed by atoms with E-state index in [0.717, 1.165) is 51.2 Å². The Morgan fingerprint density at radius 1 is 1.21 bits per heavy atom. The van der Waals surface area contributed by atoms with Crippen molar-refractivity contribution >= 4 is 17.6 Å². The number of carbonyl (C=O) groups excluding carboxylic acids is 1. The summed E-state index contributed by atoms with van der Waals surface area (Å²) in [5.74, 6) is -4.08. The molecule has 3 N–H and O–H groups in total. The van der Waals surface area contributed by atoms with Gasteiger partial charge in [0.15, 0.2) is 23.4 Å². The molecule has 0 saturated carbocycles. The average Bonchev–Trinajstić information content (AvgIpc) is 2.74. The first-order chi connectivity index (χ1) is 14.0. The number of ether oxygens (including phenoxy) is 2. The van der Waals surface area contributed by atoms with Crippen molar-refractivity contribution in [1.82, 2.24) is 10.6 Å². The monoisotopic (exact) mass is 416 g/mol. The lowest BCUT2D eigenvalue weighted by molar-refractivity contribution is -0.115. The van der Waals surface area contributed by atoms with Gasteiger partial charge in [0.25, 0.3) is 0 Å². The molecule has 1 aromatic carbocycles. The van der Waals surface area contributed by atoms with Crippen LogP contribution in [0.15, 0.2) is 17.1 Å². The van der Waals surface area contributed by atoms with Gasteiger partial charge < -0.3 is 25.4 Å². The van der Waals surface area contributed by atoms with Crippen LogP contribution < -0.4 is 16.0 Å². The standard InChI is InChI=1S/C19H27F3N4O3/c1-23-19(24-7-2-8-29-12-13-5-9-28-10-6-13)25-11-16(27)26-15-4-3-14(20)17(21)18(15)22/h3-4,13H,2,5-12H2,1H3,(H,26,27)(H2,23,24,25). The van der Waals surface area contributed by atoms with Crippen molar-refractivity contribution in [2.45, 2.75) is 19.3 Å². The molecule has 2 rings (SSSR count). The Hall–Kier alpha value is -2.33. The molecule has 1 heterocycles. The Morgan fingerprint density at radius 3 is 2.69 bits per heavy atom. The summed E-state index contributed by atoms with van der Waals surface area (Å²) in [7, 11) is 1.55. The van der Waals surface area contributed by atoms with Crippen LogP contribution in [0.25, 0.3) is 0 Å². The normalized spacial score (nSPS) is 15.2. The molecule has 0 aromatic heterocycles. The molecule has 0 aliphatic carbocycles. The Kier molecular flexibility index (Phi) is 9.72. The predicted molar refractivity (Wildman–Crippen MR) is 103 cm³/mol. The number of aliphatic imine (C=N–C) groups is 1. The lowest BCUT2D eigenvalue weighted by atomic mass is 10.0. The van der Waals surface area contributed by atoms with E-state index >= 15 is 0 Å². The van der Waals surface area contributed by atoms with Gasteiger partial charge in [0.05, 0.1) is 12.2 Å². The first kappa shape index (κ1) is 23.0. The number of nitrogens with one attached hydrogen (secondary N) is 3. The van der Waals surface area contributed by atoms with Gasteiger partial charge in [0.1, 0.15) is 0 Å². The first-order valence-electron chi connectivity index (χ1n) is 9.54. The van der Waals surface area contributed by atoms with Crippen molar-refractivity contribution in [3.8, 4) is 0 Å². The Morgan fingerprint density at radius 2 is 1.97 bits per heavy atom. The highest BCUT2D eigenvalue weighted by Gasteiger charge is 2.15.